The molecule has 0 radical (unpaired) electrons. The first kappa shape index (κ1) is 16.9. The third-order valence-corrected chi connectivity index (χ3v) is 5.03. The second-order valence-electron chi connectivity index (χ2n) is 5.85. The average Bonchev–Trinajstić information content (AvgIpc) is 2.45. The lowest BCUT2D eigenvalue weighted by Gasteiger charge is -2.33. The Labute approximate surface area is 132 Å². The van der Waals surface area contributed by atoms with Gasteiger partial charge in [-0.15, -0.1) is 0 Å². The number of nitrogens with zero attached hydrogens (tertiary/aromatic N) is 3. The normalized spacial score (nSPS) is 16.7. The van der Waals surface area contributed by atoms with Crippen molar-refractivity contribution >= 4 is 15.8 Å². The monoisotopic (exact) mass is 324 g/mol. The Kier molecular flexibility index (Phi) is 5.55. The minimum absolute atomic E-state index is 0.0383. The maximum Gasteiger partial charge on any atom is 0.215 e. The van der Waals surface area contributed by atoms with Crippen LogP contribution in [0.2, 0.25) is 0 Å². The number of nitrogens with one attached hydrogen (secondary N) is 1. The van der Waals surface area contributed by atoms with Crippen molar-refractivity contribution in [1.29, 1.82) is 0 Å². The van der Waals surface area contributed by atoms with Gasteiger partial charge in [0.2, 0.25) is 10.0 Å². The molecule has 22 heavy (non-hydrogen) atoms. The zero-order chi connectivity index (χ0) is 16.2. The molecule has 1 aliphatic rings. The van der Waals surface area contributed by atoms with Crippen molar-refractivity contribution in [3.05, 3.63) is 36.0 Å². The van der Waals surface area contributed by atoms with Crippen molar-refractivity contribution in [3.63, 3.8) is 0 Å². The van der Waals surface area contributed by atoms with E-state index in [4.69, 9.17) is 0 Å². The molecule has 1 aromatic rings. The molecular weight excluding hydrogens is 300 g/mol. The topological polar surface area (TPSA) is 65.5 Å². The highest BCUT2D eigenvalue weighted by Gasteiger charge is 2.16. The minimum atomic E-state index is -3.31. The predicted molar refractivity (Wildman–Crippen MR) is 89.4 cm³/mol. The standard InChI is InChI=1S/C15H24N4O2S/c1-13(2)12-22(20,21)17-11-14-4-5-16-15(10-14)19-8-6-18(3)7-9-19/h4-5,10,17H,1,6-9,11-12H2,2-3H3. The highest BCUT2D eigenvalue weighted by atomic mass is 32.2. The van der Waals surface area contributed by atoms with Crippen LogP contribution in [0.25, 0.3) is 0 Å². The Morgan fingerprint density at radius 1 is 1.36 bits per heavy atom. The molecule has 0 unspecified atom stereocenters. The fourth-order valence-corrected chi connectivity index (χ4v) is 3.49. The lowest BCUT2D eigenvalue weighted by Crippen LogP contribution is -2.44. The van der Waals surface area contributed by atoms with Crippen molar-refractivity contribution in [2.75, 3.05) is 43.9 Å². The second kappa shape index (κ2) is 7.21. The van der Waals surface area contributed by atoms with Gasteiger partial charge in [0.05, 0.1) is 5.75 Å². The summed E-state index contributed by atoms with van der Waals surface area (Å²) in [7, 11) is -1.21. The Morgan fingerprint density at radius 3 is 2.68 bits per heavy atom. The molecule has 0 spiro atoms. The van der Waals surface area contributed by atoms with Gasteiger partial charge in [-0.2, -0.15) is 0 Å². The highest BCUT2D eigenvalue weighted by molar-refractivity contribution is 7.89. The highest BCUT2D eigenvalue weighted by Crippen LogP contribution is 2.15. The molecule has 0 aliphatic carbocycles. The second-order valence-corrected chi connectivity index (χ2v) is 7.66. The van der Waals surface area contributed by atoms with Crippen LogP contribution >= 0.6 is 0 Å². The van der Waals surface area contributed by atoms with Gasteiger partial charge in [-0.1, -0.05) is 12.2 Å². The van der Waals surface area contributed by atoms with Crippen LogP contribution in [-0.2, 0) is 16.6 Å². The molecule has 0 saturated carbocycles. The Balaban J connectivity index is 1.98. The van der Waals surface area contributed by atoms with E-state index in [1.807, 2.05) is 12.1 Å². The van der Waals surface area contributed by atoms with Crippen LogP contribution in [0, 0.1) is 0 Å². The number of rotatable bonds is 6. The predicted octanol–water partition coefficient (Wildman–Crippen LogP) is 0.829. The molecule has 2 rings (SSSR count). The summed E-state index contributed by atoms with van der Waals surface area (Å²) < 4.78 is 26.3. The number of hydrogen-bond donors (Lipinski definition) is 1. The molecule has 1 N–H and O–H groups in total. The molecule has 0 aromatic carbocycles. The van der Waals surface area contributed by atoms with E-state index >= 15 is 0 Å². The van der Waals surface area contributed by atoms with Gasteiger partial charge in [0.25, 0.3) is 0 Å². The summed E-state index contributed by atoms with van der Waals surface area (Å²) >= 11 is 0. The summed E-state index contributed by atoms with van der Waals surface area (Å²) in [5.74, 6) is 0.869. The molecule has 122 valence electrons. The molecule has 0 amide bonds. The van der Waals surface area contributed by atoms with Gasteiger partial charge < -0.3 is 9.80 Å². The summed E-state index contributed by atoms with van der Waals surface area (Å²) in [6.07, 6.45) is 1.73. The Bertz CT molecular complexity index is 622. The van der Waals surface area contributed by atoms with Gasteiger partial charge in [0.15, 0.2) is 0 Å². The van der Waals surface area contributed by atoms with E-state index in [-0.39, 0.29) is 12.3 Å². The van der Waals surface area contributed by atoms with Crippen molar-refractivity contribution in [2.24, 2.45) is 0 Å². The number of likely N-dealkylation sites (N-methyl/N-ethyl adjacent to an activating group) is 1. The van der Waals surface area contributed by atoms with Crippen molar-refractivity contribution < 1.29 is 8.42 Å². The van der Waals surface area contributed by atoms with E-state index in [0.717, 1.165) is 37.6 Å². The van der Waals surface area contributed by atoms with Crippen LogP contribution in [0.4, 0.5) is 5.82 Å². The fraction of sp³-hybridized carbons (Fsp3) is 0.533. The SMILES string of the molecule is C=C(C)CS(=O)(=O)NCc1ccnc(N2CCN(C)CC2)c1. The third kappa shape index (κ3) is 5.08. The number of sulfonamides is 1. The van der Waals surface area contributed by atoms with Crippen molar-refractivity contribution in [1.82, 2.24) is 14.6 Å². The Hall–Kier alpha value is -1.44. The van der Waals surface area contributed by atoms with Crippen LogP contribution in [0.5, 0.6) is 0 Å². The van der Waals surface area contributed by atoms with Crippen molar-refractivity contribution in [3.8, 4) is 0 Å². The number of anilines is 1. The molecule has 1 aromatic heterocycles. The van der Waals surface area contributed by atoms with Gasteiger partial charge in [-0.05, 0) is 31.7 Å². The quantitative estimate of drug-likeness (QED) is 0.785. The van der Waals surface area contributed by atoms with Gasteiger partial charge in [-0.3, -0.25) is 0 Å². The van der Waals surface area contributed by atoms with E-state index < -0.39 is 10.0 Å². The van der Waals surface area contributed by atoms with Gasteiger partial charge >= 0.3 is 0 Å². The first-order chi connectivity index (χ1) is 10.4. The molecule has 1 fully saturated rings. The largest absolute Gasteiger partial charge is 0.354 e. The van der Waals surface area contributed by atoms with Crippen molar-refractivity contribution in [2.45, 2.75) is 13.5 Å². The molecule has 0 bridgehead atoms. The Morgan fingerprint density at radius 2 is 2.05 bits per heavy atom. The van der Waals surface area contributed by atoms with Gasteiger partial charge in [-0.25, -0.2) is 18.1 Å². The summed E-state index contributed by atoms with van der Waals surface area (Å²) in [4.78, 5) is 8.91. The lowest BCUT2D eigenvalue weighted by atomic mass is 10.2. The molecule has 1 saturated heterocycles. The zero-order valence-corrected chi connectivity index (χ0v) is 14.1. The molecule has 0 atom stereocenters. The number of aromatic nitrogens is 1. The van der Waals surface area contributed by atoms with Crippen LogP contribution in [-0.4, -0.2) is 57.3 Å². The first-order valence-electron chi connectivity index (χ1n) is 7.36. The number of piperazine rings is 1. The number of hydrogen-bond acceptors (Lipinski definition) is 5. The van der Waals surface area contributed by atoms with E-state index in [9.17, 15) is 8.42 Å². The van der Waals surface area contributed by atoms with E-state index in [1.165, 1.54) is 0 Å². The molecule has 7 heteroatoms. The van der Waals surface area contributed by atoms with Crippen LogP contribution in [0.3, 0.4) is 0 Å². The van der Waals surface area contributed by atoms with Gasteiger partial charge in [0, 0.05) is 38.9 Å². The van der Waals surface area contributed by atoms with E-state index in [2.05, 4.69) is 33.1 Å². The first-order valence-corrected chi connectivity index (χ1v) is 9.01. The maximum atomic E-state index is 11.8. The van der Waals surface area contributed by atoms with E-state index in [0.29, 0.717) is 5.57 Å². The molecular formula is C15H24N4O2S. The van der Waals surface area contributed by atoms with Gasteiger partial charge in [0.1, 0.15) is 5.82 Å². The molecule has 1 aliphatic heterocycles. The van der Waals surface area contributed by atoms with Crippen LogP contribution in [0.1, 0.15) is 12.5 Å². The zero-order valence-electron chi connectivity index (χ0n) is 13.2. The smallest absolute Gasteiger partial charge is 0.215 e. The summed E-state index contributed by atoms with van der Waals surface area (Å²) in [5.41, 5.74) is 1.54. The maximum absolute atomic E-state index is 11.8. The third-order valence-electron chi connectivity index (χ3n) is 3.57. The lowest BCUT2D eigenvalue weighted by molar-refractivity contribution is 0.312. The fourth-order valence-electron chi connectivity index (χ4n) is 2.35. The molecule has 6 nitrogen and oxygen atoms in total. The summed E-state index contributed by atoms with van der Waals surface area (Å²) in [6.45, 7) is 9.52. The van der Waals surface area contributed by atoms with E-state index in [1.54, 1.807) is 13.1 Å². The van der Waals surface area contributed by atoms with Crippen LogP contribution < -0.4 is 9.62 Å². The summed E-state index contributed by atoms with van der Waals surface area (Å²) in [6, 6.07) is 3.79. The average molecular weight is 324 g/mol. The minimum Gasteiger partial charge on any atom is -0.354 e. The molecule has 2 heterocycles. The summed E-state index contributed by atoms with van der Waals surface area (Å²) in [5, 5.41) is 0. The number of pyridine rings is 1. The van der Waals surface area contributed by atoms with Crippen LogP contribution in [0.15, 0.2) is 30.5 Å².